The minimum absolute atomic E-state index is 0.0419. The molecule has 1 unspecified atom stereocenters. The Morgan fingerprint density at radius 2 is 2.00 bits per heavy atom. The molecule has 8 heteroatoms. The molecule has 0 radical (unpaired) electrons. The molecule has 0 bridgehead atoms. The summed E-state index contributed by atoms with van der Waals surface area (Å²) in [4.78, 5) is 31.2. The lowest BCUT2D eigenvalue weighted by Gasteiger charge is -2.32. The van der Waals surface area contributed by atoms with E-state index in [2.05, 4.69) is 48.0 Å². The molecule has 138 valence electrons. The van der Waals surface area contributed by atoms with E-state index in [0.717, 1.165) is 13.1 Å². The number of hydrogen-bond donors (Lipinski definition) is 1. The Labute approximate surface area is 147 Å². The molecule has 1 N–H and O–H groups in total. The number of amides is 1. The fourth-order valence-electron chi connectivity index (χ4n) is 3.09. The molecule has 1 atom stereocenters. The number of likely N-dealkylation sites (N-methyl/N-ethyl adjacent to an activating group) is 1. The molecule has 0 fully saturated rings. The highest BCUT2D eigenvalue weighted by Gasteiger charge is 2.20. The summed E-state index contributed by atoms with van der Waals surface area (Å²) in [6.45, 7) is 11.0. The monoisotopic (exact) mass is 348 g/mol. The lowest BCUT2D eigenvalue weighted by Crippen LogP contribution is -2.47. The highest BCUT2D eigenvalue weighted by Crippen LogP contribution is 2.09. The third kappa shape index (κ3) is 4.25. The Hall–Kier alpha value is -2.22. The first kappa shape index (κ1) is 19.1. The molecule has 0 aliphatic rings. The zero-order valence-corrected chi connectivity index (χ0v) is 15.7. The number of carbonyl (C=O) groups is 1. The average Bonchev–Trinajstić information content (AvgIpc) is 2.95. The zero-order chi connectivity index (χ0) is 18.6. The molecule has 0 saturated carbocycles. The van der Waals surface area contributed by atoms with Crippen LogP contribution in [-0.4, -0.2) is 55.8 Å². The van der Waals surface area contributed by atoms with Gasteiger partial charge in [0.2, 0.25) is 5.91 Å². The Morgan fingerprint density at radius 3 is 2.60 bits per heavy atom. The van der Waals surface area contributed by atoms with Gasteiger partial charge in [-0.3, -0.25) is 23.7 Å². The molecule has 2 aromatic rings. The molecular weight excluding hydrogens is 320 g/mol. The molecule has 2 aromatic heterocycles. The number of nitrogens with zero attached hydrogens (tertiary/aromatic N) is 5. The third-order valence-electron chi connectivity index (χ3n) is 4.59. The molecular formula is C17H28N6O2. The quantitative estimate of drug-likeness (QED) is 0.756. The number of rotatable bonds is 8. The molecule has 0 spiro atoms. The highest BCUT2D eigenvalue weighted by molar-refractivity contribution is 5.77. The van der Waals surface area contributed by atoms with Crippen LogP contribution in [0.3, 0.4) is 0 Å². The predicted molar refractivity (Wildman–Crippen MR) is 97.3 cm³/mol. The summed E-state index contributed by atoms with van der Waals surface area (Å²) in [6, 6.07) is 0.273. The topological polar surface area (TPSA) is 85.1 Å². The van der Waals surface area contributed by atoms with E-state index < -0.39 is 0 Å². The van der Waals surface area contributed by atoms with Crippen LogP contribution in [0.15, 0.2) is 17.3 Å². The van der Waals surface area contributed by atoms with Crippen molar-refractivity contribution < 1.29 is 4.79 Å². The minimum Gasteiger partial charge on any atom is -0.353 e. The summed E-state index contributed by atoms with van der Waals surface area (Å²) < 4.78 is 2.86. The predicted octanol–water partition coefficient (Wildman–Crippen LogP) is 0.613. The Kier molecular flexibility index (Phi) is 6.30. The second kappa shape index (κ2) is 8.24. The average molecular weight is 348 g/mol. The molecule has 0 aromatic carbocycles. The second-order valence-electron chi connectivity index (χ2n) is 6.52. The van der Waals surface area contributed by atoms with Crippen LogP contribution in [-0.2, 0) is 18.4 Å². The fraction of sp³-hybridized carbons (Fsp3) is 0.647. The standard InChI is InChI=1S/C17H28N6O2/c1-6-22(7-2)14(12(3)4)9-18-15(24)10-23-11-19-16-13(17(23)25)8-20-21(16)5/h8,11-12,14H,6-7,9-10H2,1-5H3,(H,18,24). The van der Waals surface area contributed by atoms with E-state index in [1.807, 2.05) is 0 Å². The van der Waals surface area contributed by atoms with Crippen LogP contribution in [0.4, 0.5) is 0 Å². The van der Waals surface area contributed by atoms with E-state index in [4.69, 9.17) is 0 Å². The van der Waals surface area contributed by atoms with Gasteiger partial charge >= 0.3 is 0 Å². The molecule has 25 heavy (non-hydrogen) atoms. The van der Waals surface area contributed by atoms with Crippen molar-refractivity contribution in [3.8, 4) is 0 Å². The number of nitrogens with one attached hydrogen (secondary N) is 1. The summed E-state index contributed by atoms with van der Waals surface area (Å²) in [5.74, 6) is 0.237. The van der Waals surface area contributed by atoms with Gasteiger partial charge < -0.3 is 5.32 Å². The smallest absolute Gasteiger partial charge is 0.264 e. The van der Waals surface area contributed by atoms with Gasteiger partial charge in [0.05, 0.1) is 6.20 Å². The van der Waals surface area contributed by atoms with Crippen LogP contribution in [0.25, 0.3) is 11.0 Å². The summed E-state index contributed by atoms with van der Waals surface area (Å²) in [5.41, 5.74) is 0.264. The van der Waals surface area contributed by atoms with Gasteiger partial charge in [-0.05, 0) is 19.0 Å². The molecule has 8 nitrogen and oxygen atoms in total. The summed E-state index contributed by atoms with van der Waals surface area (Å²) in [5, 5.41) is 7.40. The summed E-state index contributed by atoms with van der Waals surface area (Å²) >= 11 is 0. The van der Waals surface area contributed by atoms with Gasteiger partial charge in [-0.15, -0.1) is 0 Å². The van der Waals surface area contributed by atoms with Gasteiger partial charge in [-0.25, -0.2) is 4.98 Å². The first-order valence-corrected chi connectivity index (χ1v) is 8.76. The first-order valence-electron chi connectivity index (χ1n) is 8.76. The van der Waals surface area contributed by atoms with Crippen molar-refractivity contribution in [2.75, 3.05) is 19.6 Å². The van der Waals surface area contributed by atoms with Crippen molar-refractivity contribution >= 4 is 16.9 Å². The Morgan fingerprint density at radius 1 is 1.32 bits per heavy atom. The van der Waals surface area contributed by atoms with Crippen molar-refractivity contribution in [3.63, 3.8) is 0 Å². The van der Waals surface area contributed by atoms with Gasteiger partial charge in [0, 0.05) is 19.6 Å². The molecule has 2 rings (SSSR count). The Balaban J connectivity index is 2.05. The maximum atomic E-state index is 12.4. The van der Waals surface area contributed by atoms with E-state index in [1.54, 1.807) is 11.7 Å². The van der Waals surface area contributed by atoms with Crippen molar-refractivity contribution in [1.82, 2.24) is 29.5 Å². The van der Waals surface area contributed by atoms with Gasteiger partial charge in [0.1, 0.15) is 18.3 Å². The van der Waals surface area contributed by atoms with E-state index in [9.17, 15) is 9.59 Å². The third-order valence-corrected chi connectivity index (χ3v) is 4.59. The van der Waals surface area contributed by atoms with E-state index >= 15 is 0 Å². The van der Waals surface area contributed by atoms with Gasteiger partial charge in [0.25, 0.3) is 5.56 Å². The van der Waals surface area contributed by atoms with Crippen LogP contribution < -0.4 is 10.9 Å². The molecule has 1 amide bonds. The van der Waals surface area contributed by atoms with Gasteiger partial charge in [-0.2, -0.15) is 5.10 Å². The van der Waals surface area contributed by atoms with Crippen molar-refractivity contribution in [2.45, 2.75) is 40.3 Å². The van der Waals surface area contributed by atoms with Crippen LogP contribution in [0, 0.1) is 5.92 Å². The second-order valence-corrected chi connectivity index (χ2v) is 6.52. The van der Waals surface area contributed by atoms with E-state index in [0.29, 0.717) is 23.5 Å². The van der Waals surface area contributed by atoms with E-state index in [-0.39, 0.29) is 24.1 Å². The molecule has 0 aliphatic carbocycles. The van der Waals surface area contributed by atoms with Crippen LogP contribution >= 0.6 is 0 Å². The van der Waals surface area contributed by atoms with Crippen molar-refractivity contribution in [2.24, 2.45) is 13.0 Å². The fourth-order valence-corrected chi connectivity index (χ4v) is 3.09. The minimum atomic E-state index is -0.252. The number of carbonyl (C=O) groups excluding carboxylic acids is 1. The SMILES string of the molecule is CCN(CC)C(CNC(=O)Cn1cnc2c(cnn2C)c1=O)C(C)C. The summed E-state index contributed by atoms with van der Waals surface area (Å²) in [6.07, 6.45) is 2.88. The highest BCUT2D eigenvalue weighted by atomic mass is 16.2. The van der Waals surface area contributed by atoms with Gasteiger partial charge in [0.15, 0.2) is 5.65 Å². The van der Waals surface area contributed by atoms with Crippen molar-refractivity contribution in [1.29, 1.82) is 0 Å². The lowest BCUT2D eigenvalue weighted by atomic mass is 10.0. The van der Waals surface area contributed by atoms with E-state index in [1.165, 1.54) is 17.1 Å². The maximum absolute atomic E-state index is 12.4. The molecule has 0 aliphatic heterocycles. The van der Waals surface area contributed by atoms with Crippen LogP contribution in [0.2, 0.25) is 0 Å². The maximum Gasteiger partial charge on any atom is 0.264 e. The largest absolute Gasteiger partial charge is 0.353 e. The molecule has 0 saturated heterocycles. The molecule has 2 heterocycles. The number of fused-ring (bicyclic) bond motifs is 1. The lowest BCUT2D eigenvalue weighted by molar-refractivity contribution is -0.122. The number of aromatic nitrogens is 4. The summed E-state index contributed by atoms with van der Waals surface area (Å²) in [7, 11) is 1.73. The first-order chi connectivity index (χ1) is 11.9. The van der Waals surface area contributed by atoms with Crippen LogP contribution in [0.5, 0.6) is 0 Å². The normalized spacial score (nSPS) is 12.9. The Bertz CT molecular complexity index is 775. The van der Waals surface area contributed by atoms with Gasteiger partial charge in [-0.1, -0.05) is 27.7 Å². The van der Waals surface area contributed by atoms with Crippen LogP contribution in [0.1, 0.15) is 27.7 Å². The number of aryl methyl sites for hydroxylation is 1. The number of hydrogen-bond acceptors (Lipinski definition) is 5. The zero-order valence-electron chi connectivity index (χ0n) is 15.7. The van der Waals surface area contributed by atoms with Crippen molar-refractivity contribution in [3.05, 3.63) is 22.9 Å².